The number of benzene rings is 1. The van der Waals surface area contributed by atoms with Gasteiger partial charge in [0.25, 0.3) is 0 Å². The van der Waals surface area contributed by atoms with Crippen LogP contribution >= 0.6 is 11.6 Å². The highest BCUT2D eigenvalue weighted by Gasteiger charge is 2.39. The predicted octanol–water partition coefficient (Wildman–Crippen LogP) is 6.63. The summed E-state index contributed by atoms with van der Waals surface area (Å²) in [6, 6.07) is 9.44. The molecule has 0 spiro atoms. The van der Waals surface area contributed by atoms with Crippen LogP contribution in [0.4, 0.5) is 0 Å². The Morgan fingerprint density at radius 3 is 1.90 bits per heavy atom. The summed E-state index contributed by atoms with van der Waals surface area (Å²) < 4.78 is 5.33. The minimum absolute atomic E-state index is 0.0271. The zero-order valence-corrected chi connectivity index (χ0v) is 18.4. The van der Waals surface area contributed by atoms with Crippen molar-refractivity contribution in [3.05, 3.63) is 70.0 Å². The summed E-state index contributed by atoms with van der Waals surface area (Å²) in [5.74, 6) is 0.421. The minimum Gasteiger partial charge on any atom is -0.492 e. The SMILES string of the molecule is CC.COC1=C(C2CCCCC2)C(=O)C2=CCCC=C2C1=O.Clc1ccccc1. The Morgan fingerprint density at radius 2 is 1.41 bits per heavy atom. The van der Waals surface area contributed by atoms with Crippen LogP contribution in [0.25, 0.3) is 0 Å². The summed E-state index contributed by atoms with van der Waals surface area (Å²) in [6.45, 7) is 4.00. The number of ether oxygens (including phenoxy) is 1. The minimum atomic E-state index is -0.0985. The fourth-order valence-electron chi connectivity index (χ4n) is 3.98. The quantitative estimate of drug-likeness (QED) is 0.545. The highest BCUT2D eigenvalue weighted by Crippen LogP contribution is 2.39. The Bertz CT molecular complexity index is 797. The highest BCUT2D eigenvalue weighted by molar-refractivity contribution is 6.30. The van der Waals surface area contributed by atoms with Gasteiger partial charge in [0.05, 0.1) is 7.11 Å². The van der Waals surface area contributed by atoms with Gasteiger partial charge >= 0.3 is 0 Å². The molecule has 0 N–H and O–H groups in total. The van der Waals surface area contributed by atoms with Crippen molar-refractivity contribution in [3.8, 4) is 0 Å². The second-order valence-electron chi connectivity index (χ2n) is 7.05. The number of ketones is 2. The number of halogens is 1. The third kappa shape index (κ3) is 5.70. The molecule has 0 aliphatic heterocycles. The van der Waals surface area contributed by atoms with Crippen LogP contribution in [0, 0.1) is 5.92 Å². The topological polar surface area (TPSA) is 43.4 Å². The van der Waals surface area contributed by atoms with E-state index in [0.29, 0.717) is 22.5 Å². The molecule has 0 heterocycles. The molecule has 0 aromatic heterocycles. The van der Waals surface area contributed by atoms with E-state index in [2.05, 4.69) is 0 Å². The van der Waals surface area contributed by atoms with E-state index in [4.69, 9.17) is 16.3 Å². The van der Waals surface area contributed by atoms with Crippen LogP contribution in [-0.4, -0.2) is 18.7 Å². The Kier molecular flexibility index (Phi) is 9.40. The summed E-state index contributed by atoms with van der Waals surface area (Å²) in [4.78, 5) is 25.3. The van der Waals surface area contributed by atoms with Gasteiger partial charge in [0, 0.05) is 21.7 Å². The summed E-state index contributed by atoms with van der Waals surface area (Å²) in [5, 5.41) is 0.794. The van der Waals surface area contributed by atoms with Gasteiger partial charge in [-0.1, -0.05) is 75.1 Å². The van der Waals surface area contributed by atoms with Gasteiger partial charge in [-0.05, 0) is 43.7 Å². The van der Waals surface area contributed by atoms with Crippen molar-refractivity contribution in [3.63, 3.8) is 0 Å². The lowest BCUT2D eigenvalue weighted by Crippen LogP contribution is -2.31. The molecular weight excluding hydrogens is 384 g/mol. The molecule has 3 nitrogen and oxygen atoms in total. The van der Waals surface area contributed by atoms with Gasteiger partial charge in [-0.2, -0.15) is 0 Å². The van der Waals surface area contributed by atoms with E-state index in [-0.39, 0.29) is 17.5 Å². The molecule has 29 heavy (non-hydrogen) atoms. The lowest BCUT2D eigenvalue weighted by molar-refractivity contribution is -0.119. The maximum atomic E-state index is 12.8. The molecule has 1 fully saturated rings. The Hall–Kier alpha value is -2.13. The fourth-order valence-corrected chi connectivity index (χ4v) is 4.12. The van der Waals surface area contributed by atoms with Gasteiger partial charge in [-0.3, -0.25) is 9.59 Å². The molecule has 1 saturated carbocycles. The molecule has 0 saturated heterocycles. The molecule has 1 aromatic rings. The van der Waals surface area contributed by atoms with Crippen molar-refractivity contribution in [2.75, 3.05) is 7.11 Å². The molecular formula is C25H31ClO3. The largest absolute Gasteiger partial charge is 0.492 e. The standard InChI is InChI=1S/C17H20O3.C6H5Cl.C2H6/c1-20-17-14(11-7-3-2-4-8-11)15(18)12-9-5-6-10-13(12)16(17)19;7-6-4-2-1-3-5-6;1-2/h9-11H,2-8H2,1H3;1-5H;1-2H3. The maximum Gasteiger partial charge on any atom is 0.228 e. The van der Waals surface area contributed by atoms with Gasteiger partial charge in [0.1, 0.15) is 0 Å². The monoisotopic (exact) mass is 414 g/mol. The number of allylic oxidation sites excluding steroid dienone is 5. The molecule has 0 amide bonds. The first-order chi connectivity index (χ1) is 14.1. The van der Waals surface area contributed by atoms with Crippen molar-refractivity contribution >= 4 is 23.2 Å². The molecule has 3 aliphatic carbocycles. The molecule has 156 valence electrons. The fraction of sp³-hybridized carbons (Fsp3) is 0.440. The van der Waals surface area contributed by atoms with Crippen molar-refractivity contribution < 1.29 is 14.3 Å². The summed E-state index contributed by atoms with van der Waals surface area (Å²) in [6.07, 6.45) is 11.0. The molecule has 0 bridgehead atoms. The first-order valence-corrected chi connectivity index (χ1v) is 11.0. The van der Waals surface area contributed by atoms with Crippen LogP contribution in [0.2, 0.25) is 5.02 Å². The first-order valence-electron chi connectivity index (χ1n) is 10.6. The highest BCUT2D eigenvalue weighted by atomic mass is 35.5. The Balaban J connectivity index is 0.000000280. The van der Waals surface area contributed by atoms with E-state index < -0.39 is 0 Å². The van der Waals surface area contributed by atoms with Crippen LogP contribution < -0.4 is 0 Å². The van der Waals surface area contributed by atoms with Crippen LogP contribution in [-0.2, 0) is 14.3 Å². The van der Waals surface area contributed by atoms with E-state index in [1.807, 2.05) is 56.3 Å². The zero-order chi connectivity index (χ0) is 21.2. The second-order valence-corrected chi connectivity index (χ2v) is 7.49. The number of methoxy groups -OCH3 is 1. The van der Waals surface area contributed by atoms with E-state index in [1.54, 1.807) is 0 Å². The average Bonchev–Trinajstić information content (AvgIpc) is 2.79. The number of hydrogen-bond donors (Lipinski definition) is 0. The van der Waals surface area contributed by atoms with E-state index >= 15 is 0 Å². The third-order valence-corrected chi connectivity index (χ3v) is 5.54. The number of rotatable bonds is 2. The third-order valence-electron chi connectivity index (χ3n) is 5.29. The van der Waals surface area contributed by atoms with Gasteiger partial charge in [-0.15, -0.1) is 0 Å². The Labute approximate surface area is 179 Å². The van der Waals surface area contributed by atoms with Gasteiger partial charge in [0.2, 0.25) is 5.78 Å². The smallest absolute Gasteiger partial charge is 0.228 e. The number of fused-ring (bicyclic) bond motifs is 1. The molecule has 1 aromatic carbocycles. The van der Waals surface area contributed by atoms with Crippen LogP contribution in [0.1, 0.15) is 58.8 Å². The molecule has 3 aliphatic rings. The molecule has 0 unspecified atom stereocenters. The van der Waals surface area contributed by atoms with Crippen molar-refractivity contribution in [1.29, 1.82) is 0 Å². The second kappa shape index (κ2) is 11.8. The van der Waals surface area contributed by atoms with Crippen LogP contribution in [0.5, 0.6) is 0 Å². The van der Waals surface area contributed by atoms with E-state index in [0.717, 1.165) is 43.5 Å². The maximum absolute atomic E-state index is 12.8. The Morgan fingerprint density at radius 1 is 0.862 bits per heavy atom. The van der Waals surface area contributed by atoms with Gasteiger partial charge < -0.3 is 4.74 Å². The predicted molar refractivity (Wildman–Crippen MR) is 119 cm³/mol. The summed E-state index contributed by atoms with van der Waals surface area (Å²) in [7, 11) is 1.50. The van der Waals surface area contributed by atoms with Crippen molar-refractivity contribution in [2.24, 2.45) is 5.92 Å². The number of hydrogen-bond acceptors (Lipinski definition) is 3. The summed E-state index contributed by atoms with van der Waals surface area (Å²) >= 11 is 5.54. The molecule has 0 atom stereocenters. The normalized spacial score (nSPS) is 19.0. The van der Waals surface area contributed by atoms with Crippen molar-refractivity contribution in [1.82, 2.24) is 0 Å². The molecule has 4 heteroatoms. The first kappa shape index (κ1) is 23.2. The molecule has 4 rings (SSSR count). The van der Waals surface area contributed by atoms with E-state index in [9.17, 15) is 9.59 Å². The lowest BCUT2D eigenvalue weighted by atomic mass is 9.74. The van der Waals surface area contributed by atoms with Crippen LogP contribution in [0.3, 0.4) is 0 Å². The average molecular weight is 415 g/mol. The lowest BCUT2D eigenvalue weighted by Gasteiger charge is -2.30. The molecule has 0 radical (unpaired) electrons. The van der Waals surface area contributed by atoms with Crippen LogP contribution in [0.15, 0.2) is 65.0 Å². The van der Waals surface area contributed by atoms with Gasteiger partial charge in [0.15, 0.2) is 11.5 Å². The van der Waals surface area contributed by atoms with E-state index in [1.165, 1.54) is 13.5 Å². The zero-order valence-electron chi connectivity index (χ0n) is 17.7. The summed E-state index contributed by atoms with van der Waals surface area (Å²) in [5.41, 5.74) is 1.81. The van der Waals surface area contributed by atoms with Gasteiger partial charge in [-0.25, -0.2) is 0 Å². The number of carbonyl (C=O) groups excluding carboxylic acids is 2. The number of Topliss-reactive ketones (excluding diaryl/α,β-unsaturated/α-hetero) is 2. The van der Waals surface area contributed by atoms with Crippen molar-refractivity contribution in [2.45, 2.75) is 58.8 Å². The number of carbonyl (C=O) groups is 2.